The molecule has 1 atom stereocenters. The van der Waals surface area contributed by atoms with Crippen LogP contribution in [-0.4, -0.2) is 32.2 Å². The van der Waals surface area contributed by atoms with Crippen molar-refractivity contribution in [2.75, 3.05) is 27.1 Å². The maximum atomic E-state index is 15.1. The number of hydrogen-bond acceptors (Lipinski definition) is 5. The van der Waals surface area contributed by atoms with Crippen LogP contribution in [-0.2, 0) is 4.74 Å². The number of benzene rings is 2. The minimum absolute atomic E-state index is 0.109. The molecule has 0 bridgehead atoms. The topological polar surface area (TPSA) is 57.2 Å². The zero-order valence-electron chi connectivity index (χ0n) is 22.3. The van der Waals surface area contributed by atoms with Crippen molar-refractivity contribution in [2.45, 2.75) is 71.3 Å². The summed E-state index contributed by atoms with van der Waals surface area (Å²) < 4.78 is 80.0. The minimum atomic E-state index is -1.89. The molecule has 0 radical (unpaired) electrons. The summed E-state index contributed by atoms with van der Waals surface area (Å²) in [5, 5.41) is 11.0. The van der Waals surface area contributed by atoms with Crippen LogP contribution in [0, 0.1) is 35.1 Å². The van der Waals surface area contributed by atoms with Gasteiger partial charge in [-0.05, 0) is 49.8 Å². The highest BCUT2D eigenvalue weighted by Gasteiger charge is 2.30. The monoisotopic (exact) mass is 542 g/mol. The fourth-order valence-electron chi connectivity index (χ4n) is 4.95. The van der Waals surface area contributed by atoms with Crippen LogP contribution in [0.4, 0.5) is 17.6 Å². The number of hydrogen-bond donors (Lipinski definition) is 1. The van der Waals surface area contributed by atoms with Crippen LogP contribution in [0.2, 0.25) is 0 Å². The molecule has 0 aromatic heterocycles. The third-order valence-electron chi connectivity index (χ3n) is 7.10. The summed E-state index contributed by atoms with van der Waals surface area (Å²) in [5.74, 6) is -5.93. The fraction of sp³-hybridized carbons (Fsp3) is 0.586. The standard InChI is InChI=1S/C29H38F4O5/c1-4-6-7-8-18-9-11-19(12-10-18)16-37-23-15-21(29(38-17-35-3)27(33)26(23)32)28(34)20-13-14-22(36-5-2)25(31)24(20)30/h13-15,18-19,28,34H,4-12,16-17H2,1-3H3. The first-order chi connectivity index (χ1) is 18.3. The van der Waals surface area contributed by atoms with Crippen LogP contribution in [0.5, 0.6) is 17.2 Å². The van der Waals surface area contributed by atoms with Crippen LogP contribution in [0.3, 0.4) is 0 Å². The van der Waals surface area contributed by atoms with Gasteiger partial charge in [0.05, 0.1) is 13.2 Å². The van der Waals surface area contributed by atoms with Crippen molar-refractivity contribution in [3.8, 4) is 17.2 Å². The fourth-order valence-corrected chi connectivity index (χ4v) is 4.95. The molecule has 0 saturated heterocycles. The van der Waals surface area contributed by atoms with Gasteiger partial charge in [0.2, 0.25) is 17.5 Å². The van der Waals surface area contributed by atoms with Gasteiger partial charge in [0, 0.05) is 18.2 Å². The highest BCUT2D eigenvalue weighted by molar-refractivity contribution is 5.48. The molecule has 0 aliphatic heterocycles. The Morgan fingerprint density at radius 1 is 0.816 bits per heavy atom. The summed E-state index contributed by atoms with van der Waals surface area (Å²) in [6, 6.07) is 3.35. The Bertz CT molecular complexity index is 1040. The Balaban J connectivity index is 1.81. The van der Waals surface area contributed by atoms with Gasteiger partial charge in [0.1, 0.15) is 6.10 Å². The number of rotatable bonds is 14. The lowest BCUT2D eigenvalue weighted by Crippen LogP contribution is -2.21. The van der Waals surface area contributed by atoms with Crippen LogP contribution in [0.15, 0.2) is 18.2 Å². The summed E-state index contributed by atoms with van der Waals surface area (Å²) in [5.41, 5.74) is -0.815. The molecule has 1 fully saturated rings. The third kappa shape index (κ3) is 7.32. The average Bonchev–Trinajstić information content (AvgIpc) is 2.92. The molecule has 3 rings (SSSR count). The second kappa shape index (κ2) is 14.6. The van der Waals surface area contributed by atoms with Gasteiger partial charge in [-0.1, -0.05) is 45.4 Å². The van der Waals surface area contributed by atoms with E-state index in [2.05, 4.69) is 6.92 Å². The number of halogens is 4. The van der Waals surface area contributed by atoms with E-state index in [9.17, 15) is 18.3 Å². The number of aliphatic hydroxyl groups is 1. The van der Waals surface area contributed by atoms with Crippen LogP contribution in [0.25, 0.3) is 0 Å². The average molecular weight is 543 g/mol. The number of aliphatic hydroxyl groups excluding tert-OH is 1. The molecule has 2 aromatic rings. The van der Waals surface area contributed by atoms with Crippen molar-refractivity contribution in [1.82, 2.24) is 0 Å². The van der Waals surface area contributed by atoms with Gasteiger partial charge in [0.25, 0.3) is 0 Å². The number of ether oxygens (including phenoxy) is 4. The Kier molecular flexibility index (Phi) is 11.5. The van der Waals surface area contributed by atoms with Crippen LogP contribution >= 0.6 is 0 Å². The molecule has 0 heterocycles. The summed E-state index contributed by atoms with van der Waals surface area (Å²) in [6.45, 7) is 3.62. The molecule has 2 aromatic carbocycles. The molecule has 0 spiro atoms. The lowest BCUT2D eigenvalue weighted by molar-refractivity contribution is 0.0449. The lowest BCUT2D eigenvalue weighted by Gasteiger charge is -2.28. The van der Waals surface area contributed by atoms with E-state index in [0.29, 0.717) is 5.92 Å². The van der Waals surface area contributed by atoms with Crippen molar-refractivity contribution in [1.29, 1.82) is 0 Å². The van der Waals surface area contributed by atoms with Crippen LogP contribution < -0.4 is 14.2 Å². The van der Waals surface area contributed by atoms with Gasteiger partial charge < -0.3 is 24.1 Å². The number of methoxy groups -OCH3 is 1. The van der Waals surface area contributed by atoms with Gasteiger partial charge >= 0.3 is 0 Å². The Morgan fingerprint density at radius 2 is 1.50 bits per heavy atom. The van der Waals surface area contributed by atoms with Crippen molar-refractivity contribution in [3.63, 3.8) is 0 Å². The van der Waals surface area contributed by atoms with Crippen LogP contribution in [0.1, 0.15) is 82.4 Å². The summed E-state index contributed by atoms with van der Waals surface area (Å²) in [4.78, 5) is 0. The molecule has 1 aliphatic carbocycles. The van der Waals surface area contributed by atoms with Gasteiger partial charge in [-0.3, -0.25) is 0 Å². The van der Waals surface area contributed by atoms with Crippen molar-refractivity contribution < 1.29 is 41.6 Å². The molecular formula is C29H38F4O5. The van der Waals surface area contributed by atoms with Crippen molar-refractivity contribution >= 4 is 0 Å². The van der Waals surface area contributed by atoms with Gasteiger partial charge in [-0.25, -0.2) is 4.39 Å². The first kappa shape index (κ1) is 30.0. The van der Waals surface area contributed by atoms with E-state index in [0.717, 1.165) is 43.9 Å². The Morgan fingerprint density at radius 3 is 2.16 bits per heavy atom. The van der Waals surface area contributed by atoms with Gasteiger partial charge in [0.15, 0.2) is 29.9 Å². The van der Waals surface area contributed by atoms with Crippen molar-refractivity contribution in [3.05, 3.63) is 52.6 Å². The van der Waals surface area contributed by atoms with E-state index in [-0.39, 0.29) is 30.4 Å². The molecule has 9 heteroatoms. The zero-order chi connectivity index (χ0) is 27.7. The molecule has 0 amide bonds. The van der Waals surface area contributed by atoms with Gasteiger partial charge in [-0.2, -0.15) is 13.2 Å². The van der Waals surface area contributed by atoms with E-state index in [1.54, 1.807) is 6.92 Å². The smallest absolute Gasteiger partial charge is 0.205 e. The predicted molar refractivity (Wildman–Crippen MR) is 136 cm³/mol. The first-order valence-electron chi connectivity index (χ1n) is 13.4. The summed E-state index contributed by atoms with van der Waals surface area (Å²) in [7, 11) is 1.28. The lowest BCUT2D eigenvalue weighted by atomic mass is 9.80. The molecule has 1 saturated carbocycles. The number of unbranched alkanes of at least 4 members (excludes halogenated alkanes) is 2. The molecule has 212 valence electrons. The van der Waals surface area contributed by atoms with E-state index in [4.69, 9.17) is 18.9 Å². The Labute approximate surface area is 222 Å². The zero-order valence-corrected chi connectivity index (χ0v) is 22.3. The molecule has 1 aliphatic rings. The second-order valence-electron chi connectivity index (χ2n) is 9.78. The minimum Gasteiger partial charge on any atom is -0.491 e. The normalized spacial score (nSPS) is 18.3. The predicted octanol–water partition coefficient (Wildman–Crippen LogP) is 7.47. The maximum absolute atomic E-state index is 15.1. The Hall–Kier alpha value is -2.52. The largest absolute Gasteiger partial charge is 0.491 e. The van der Waals surface area contributed by atoms with Gasteiger partial charge in [-0.15, -0.1) is 0 Å². The molecule has 38 heavy (non-hydrogen) atoms. The van der Waals surface area contributed by atoms with E-state index < -0.39 is 53.2 Å². The third-order valence-corrected chi connectivity index (χ3v) is 7.10. The summed E-state index contributed by atoms with van der Waals surface area (Å²) >= 11 is 0. The first-order valence-corrected chi connectivity index (χ1v) is 13.4. The maximum Gasteiger partial charge on any atom is 0.205 e. The summed E-state index contributed by atoms with van der Waals surface area (Å²) in [6.07, 6.45) is 7.00. The van der Waals surface area contributed by atoms with Crippen molar-refractivity contribution in [2.24, 2.45) is 11.8 Å². The quantitative estimate of drug-likeness (QED) is 0.152. The SMILES string of the molecule is CCCCCC1CCC(COc2cc(C(O)c3ccc(OCC)c(F)c3F)c(OCOC)c(F)c2F)CC1. The highest BCUT2D eigenvalue weighted by atomic mass is 19.2. The van der Waals surface area contributed by atoms with E-state index in [1.165, 1.54) is 32.8 Å². The highest BCUT2D eigenvalue weighted by Crippen LogP contribution is 2.40. The molecule has 1 unspecified atom stereocenters. The molecule has 1 N–H and O–H groups in total. The van der Waals surface area contributed by atoms with E-state index in [1.807, 2.05) is 0 Å². The molecule has 5 nitrogen and oxygen atoms in total. The van der Waals surface area contributed by atoms with E-state index >= 15 is 4.39 Å². The second-order valence-corrected chi connectivity index (χ2v) is 9.78. The molecular weight excluding hydrogens is 504 g/mol.